The van der Waals surface area contributed by atoms with E-state index in [4.69, 9.17) is 9.84 Å². The molecule has 17 heavy (non-hydrogen) atoms. The first-order chi connectivity index (χ1) is 8.08. The van der Waals surface area contributed by atoms with E-state index in [-0.39, 0.29) is 5.88 Å². The van der Waals surface area contributed by atoms with Crippen LogP contribution < -0.4 is 4.74 Å². The Morgan fingerprint density at radius 1 is 1.47 bits per heavy atom. The van der Waals surface area contributed by atoms with Crippen LogP contribution in [-0.2, 0) is 4.79 Å². The highest BCUT2D eigenvalue weighted by molar-refractivity contribution is 5.83. The van der Waals surface area contributed by atoms with Crippen LogP contribution in [0.15, 0.2) is 18.5 Å². The molecule has 0 radical (unpaired) electrons. The molecule has 2 rings (SSSR count). The summed E-state index contributed by atoms with van der Waals surface area (Å²) in [5, 5.41) is 9.46. The van der Waals surface area contributed by atoms with Crippen molar-refractivity contribution in [1.29, 1.82) is 0 Å². The average Bonchev–Trinajstić information content (AvgIpc) is 2.28. The van der Waals surface area contributed by atoms with Gasteiger partial charge in [-0.1, -0.05) is 0 Å². The quantitative estimate of drug-likeness (QED) is 0.856. The second-order valence-corrected chi connectivity index (χ2v) is 3.57. The SMILES string of the molecule is Cc1nc(OC(C)C(=O)O)c2ccncc2n1. The molecule has 1 unspecified atom stereocenters. The lowest BCUT2D eigenvalue weighted by Gasteiger charge is -2.11. The van der Waals surface area contributed by atoms with Gasteiger partial charge < -0.3 is 9.84 Å². The minimum Gasteiger partial charge on any atom is -0.479 e. The first-order valence-corrected chi connectivity index (χ1v) is 5.06. The van der Waals surface area contributed by atoms with E-state index in [1.54, 1.807) is 25.4 Å². The summed E-state index contributed by atoms with van der Waals surface area (Å²) in [5.41, 5.74) is 0.632. The minimum atomic E-state index is -1.04. The highest BCUT2D eigenvalue weighted by Gasteiger charge is 2.16. The van der Waals surface area contributed by atoms with E-state index in [1.807, 2.05) is 0 Å². The van der Waals surface area contributed by atoms with E-state index in [9.17, 15) is 4.79 Å². The molecule has 0 spiro atoms. The number of hydrogen-bond acceptors (Lipinski definition) is 5. The zero-order valence-electron chi connectivity index (χ0n) is 9.41. The smallest absolute Gasteiger partial charge is 0.344 e. The predicted octanol–water partition coefficient (Wildman–Crippen LogP) is 1.19. The van der Waals surface area contributed by atoms with Crippen LogP contribution in [0.5, 0.6) is 5.88 Å². The second kappa shape index (κ2) is 4.32. The Kier molecular flexibility index (Phi) is 2.86. The number of aliphatic carboxylic acids is 1. The van der Waals surface area contributed by atoms with Gasteiger partial charge >= 0.3 is 5.97 Å². The van der Waals surface area contributed by atoms with Gasteiger partial charge in [0.25, 0.3) is 0 Å². The first-order valence-electron chi connectivity index (χ1n) is 5.06. The van der Waals surface area contributed by atoms with Crippen LogP contribution in [0.2, 0.25) is 0 Å². The van der Waals surface area contributed by atoms with Gasteiger partial charge in [-0.3, -0.25) is 4.98 Å². The van der Waals surface area contributed by atoms with Crippen molar-refractivity contribution < 1.29 is 14.6 Å². The lowest BCUT2D eigenvalue weighted by molar-refractivity contribution is -0.144. The fourth-order valence-electron chi connectivity index (χ4n) is 1.37. The second-order valence-electron chi connectivity index (χ2n) is 3.57. The van der Waals surface area contributed by atoms with E-state index < -0.39 is 12.1 Å². The molecule has 0 bridgehead atoms. The third-order valence-electron chi connectivity index (χ3n) is 2.21. The number of rotatable bonds is 3. The van der Waals surface area contributed by atoms with Gasteiger partial charge in [0.05, 0.1) is 17.1 Å². The predicted molar refractivity (Wildman–Crippen MR) is 59.8 cm³/mol. The van der Waals surface area contributed by atoms with Crippen LogP contribution in [-0.4, -0.2) is 32.1 Å². The number of hydrogen-bond donors (Lipinski definition) is 1. The number of ether oxygens (including phenoxy) is 1. The number of carboxylic acid groups (broad SMARTS) is 1. The number of nitrogens with zero attached hydrogens (tertiary/aromatic N) is 3. The highest BCUT2D eigenvalue weighted by Crippen LogP contribution is 2.22. The normalized spacial score (nSPS) is 12.4. The summed E-state index contributed by atoms with van der Waals surface area (Å²) in [6, 6.07) is 1.69. The van der Waals surface area contributed by atoms with Crippen LogP contribution in [0, 0.1) is 6.92 Å². The Labute approximate surface area is 97.3 Å². The Morgan fingerprint density at radius 2 is 2.24 bits per heavy atom. The summed E-state index contributed by atoms with van der Waals surface area (Å²) in [6.45, 7) is 3.16. The summed E-state index contributed by atoms with van der Waals surface area (Å²) in [7, 11) is 0. The largest absolute Gasteiger partial charge is 0.479 e. The molecule has 0 saturated carbocycles. The molecule has 0 fully saturated rings. The van der Waals surface area contributed by atoms with Crippen LogP contribution in [0.1, 0.15) is 12.7 Å². The van der Waals surface area contributed by atoms with Crippen LogP contribution in [0.4, 0.5) is 0 Å². The number of pyridine rings is 1. The lowest BCUT2D eigenvalue weighted by atomic mass is 10.3. The van der Waals surface area contributed by atoms with Crippen LogP contribution in [0.3, 0.4) is 0 Å². The van der Waals surface area contributed by atoms with Gasteiger partial charge in [0, 0.05) is 6.20 Å². The van der Waals surface area contributed by atoms with Gasteiger partial charge in [0.2, 0.25) is 5.88 Å². The molecule has 0 aliphatic heterocycles. The van der Waals surface area contributed by atoms with E-state index in [1.165, 1.54) is 6.92 Å². The number of aryl methyl sites for hydroxylation is 1. The van der Waals surface area contributed by atoms with E-state index in [0.29, 0.717) is 16.7 Å². The molecule has 88 valence electrons. The molecular formula is C11H11N3O3. The molecule has 1 N–H and O–H groups in total. The fraction of sp³-hybridized carbons (Fsp3) is 0.273. The molecular weight excluding hydrogens is 222 g/mol. The molecule has 1 atom stereocenters. The Hall–Kier alpha value is -2.24. The van der Waals surface area contributed by atoms with Crippen molar-refractivity contribution in [2.24, 2.45) is 0 Å². The molecule has 2 aromatic heterocycles. The standard InChI is InChI=1S/C11H11N3O3/c1-6(11(15)16)17-10-8-3-4-12-5-9(8)13-7(2)14-10/h3-6H,1-2H3,(H,15,16). The van der Waals surface area contributed by atoms with Crippen molar-refractivity contribution in [3.63, 3.8) is 0 Å². The third kappa shape index (κ3) is 2.30. The number of carbonyl (C=O) groups is 1. The number of carboxylic acids is 1. The van der Waals surface area contributed by atoms with Crippen molar-refractivity contribution in [1.82, 2.24) is 15.0 Å². The van der Waals surface area contributed by atoms with Gasteiger partial charge in [0.1, 0.15) is 5.82 Å². The van der Waals surface area contributed by atoms with Crippen LogP contribution >= 0.6 is 0 Å². The molecule has 0 aromatic carbocycles. The molecule has 0 amide bonds. The van der Waals surface area contributed by atoms with Gasteiger partial charge in [-0.2, -0.15) is 4.98 Å². The zero-order valence-corrected chi connectivity index (χ0v) is 9.41. The van der Waals surface area contributed by atoms with Gasteiger partial charge in [-0.15, -0.1) is 0 Å². The monoisotopic (exact) mass is 233 g/mol. The van der Waals surface area contributed by atoms with Crippen molar-refractivity contribution in [2.45, 2.75) is 20.0 Å². The Morgan fingerprint density at radius 3 is 2.94 bits per heavy atom. The number of aromatic nitrogens is 3. The third-order valence-corrected chi connectivity index (χ3v) is 2.21. The molecule has 0 aliphatic rings. The van der Waals surface area contributed by atoms with Gasteiger partial charge in [0.15, 0.2) is 6.10 Å². The number of fused-ring (bicyclic) bond motifs is 1. The molecule has 2 heterocycles. The Balaban J connectivity index is 2.49. The van der Waals surface area contributed by atoms with E-state index >= 15 is 0 Å². The van der Waals surface area contributed by atoms with E-state index in [0.717, 1.165) is 0 Å². The van der Waals surface area contributed by atoms with Crippen molar-refractivity contribution >= 4 is 16.9 Å². The maximum absolute atomic E-state index is 10.7. The fourth-order valence-corrected chi connectivity index (χ4v) is 1.37. The van der Waals surface area contributed by atoms with Crippen molar-refractivity contribution in [2.75, 3.05) is 0 Å². The zero-order chi connectivity index (χ0) is 12.4. The maximum Gasteiger partial charge on any atom is 0.344 e. The van der Waals surface area contributed by atoms with Crippen LogP contribution in [0.25, 0.3) is 10.9 Å². The summed E-state index contributed by atoms with van der Waals surface area (Å²) < 4.78 is 5.29. The summed E-state index contributed by atoms with van der Waals surface area (Å²) >= 11 is 0. The van der Waals surface area contributed by atoms with E-state index in [2.05, 4.69) is 15.0 Å². The average molecular weight is 233 g/mol. The van der Waals surface area contributed by atoms with Gasteiger partial charge in [-0.05, 0) is 19.9 Å². The summed E-state index contributed by atoms with van der Waals surface area (Å²) in [5.74, 6) is -0.258. The summed E-state index contributed by atoms with van der Waals surface area (Å²) in [4.78, 5) is 23.0. The highest BCUT2D eigenvalue weighted by atomic mass is 16.5. The van der Waals surface area contributed by atoms with Gasteiger partial charge in [-0.25, -0.2) is 9.78 Å². The minimum absolute atomic E-state index is 0.268. The Bertz CT molecular complexity index is 571. The van der Waals surface area contributed by atoms with Crippen molar-refractivity contribution in [3.05, 3.63) is 24.3 Å². The maximum atomic E-state index is 10.7. The molecule has 6 heteroatoms. The molecule has 0 saturated heterocycles. The van der Waals surface area contributed by atoms with Crippen molar-refractivity contribution in [3.8, 4) is 5.88 Å². The molecule has 0 aliphatic carbocycles. The topological polar surface area (TPSA) is 85.2 Å². The molecule has 2 aromatic rings. The lowest BCUT2D eigenvalue weighted by Crippen LogP contribution is -2.23. The summed E-state index contributed by atoms with van der Waals surface area (Å²) in [6.07, 6.45) is 2.21. The first kappa shape index (κ1) is 11.3. The molecule has 6 nitrogen and oxygen atoms in total.